The number of amides is 2. The molecule has 142 valence electrons. The lowest BCUT2D eigenvalue weighted by Gasteiger charge is -2.28. The summed E-state index contributed by atoms with van der Waals surface area (Å²) in [4.78, 5) is 29.1. The van der Waals surface area contributed by atoms with Gasteiger partial charge >= 0.3 is 0 Å². The van der Waals surface area contributed by atoms with Crippen LogP contribution >= 0.6 is 0 Å². The molecule has 0 aromatic heterocycles. The molecule has 1 aliphatic rings. The second-order valence-electron chi connectivity index (χ2n) is 8.35. The Morgan fingerprint density at radius 3 is 2.37 bits per heavy atom. The van der Waals surface area contributed by atoms with E-state index in [1.54, 1.807) is 9.80 Å². The van der Waals surface area contributed by atoms with Crippen molar-refractivity contribution >= 4 is 17.5 Å². The van der Waals surface area contributed by atoms with E-state index in [-0.39, 0.29) is 29.6 Å². The van der Waals surface area contributed by atoms with E-state index in [4.69, 9.17) is 0 Å². The van der Waals surface area contributed by atoms with Crippen LogP contribution in [0.1, 0.15) is 38.3 Å². The number of benzene rings is 2. The smallest absolute Gasteiger partial charge is 0.228 e. The molecule has 2 amide bonds. The average molecular weight is 364 g/mol. The SMILES string of the molecule is CN(Cc1ccccc1)C(=O)C1CC(=O)N(c2ccccc2C(C)(C)C)C1. The van der Waals surface area contributed by atoms with Crippen molar-refractivity contribution in [2.75, 3.05) is 18.5 Å². The highest BCUT2D eigenvalue weighted by Crippen LogP contribution is 2.35. The Kier molecular flexibility index (Phi) is 5.36. The summed E-state index contributed by atoms with van der Waals surface area (Å²) in [6.45, 7) is 7.43. The molecule has 0 aliphatic carbocycles. The molecule has 1 atom stereocenters. The lowest BCUT2D eigenvalue weighted by Crippen LogP contribution is -2.34. The van der Waals surface area contributed by atoms with Gasteiger partial charge in [-0.1, -0.05) is 69.3 Å². The van der Waals surface area contributed by atoms with Crippen LogP contribution in [-0.4, -0.2) is 30.3 Å². The maximum absolute atomic E-state index is 12.9. The first-order valence-electron chi connectivity index (χ1n) is 9.46. The van der Waals surface area contributed by atoms with Crippen LogP contribution in [0.25, 0.3) is 0 Å². The van der Waals surface area contributed by atoms with E-state index in [1.807, 2.05) is 55.6 Å². The van der Waals surface area contributed by atoms with Gasteiger partial charge in [-0.2, -0.15) is 0 Å². The molecule has 27 heavy (non-hydrogen) atoms. The van der Waals surface area contributed by atoms with Gasteiger partial charge in [-0.25, -0.2) is 0 Å². The number of nitrogens with zero attached hydrogens (tertiary/aromatic N) is 2. The topological polar surface area (TPSA) is 40.6 Å². The molecular weight excluding hydrogens is 336 g/mol. The summed E-state index contributed by atoms with van der Waals surface area (Å²) in [6, 6.07) is 17.9. The molecule has 1 saturated heterocycles. The number of para-hydroxylation sites is 1. The molecule has 0 saturated carbocycles. The van der Waals surface area contributed by atoms with Crippen molar-refractivity contribution in [1.82, 2.24) is 4.90 Å². The zero-order valence-corrected chi connectivity index (χ0v) is 16.6. The molecule has 1 aliphatic heterocycles. The van der Waals surface area contributed by atoms with Crippen LogP contribution in [0.15, 0.2) is 54.6 Å². The molecule has 0 N–H and O–H groups in total. The first-order chi connectivity index (χ1) is 12.8. The summed E-state index contributed by atoms with van der Waals surface area (Å²) in [5.41, 5.74) is 3.08. The van der Waals surface area contributed by atoms with Crippen LogP contribution in [0.2, 0.25) is 0 Å². The molecule has 1 fully saturated rings. The number of hydrogen-bond acceptors (Lipinski definition) is 2. The molecule has 0 radical (unpaired) electrons. The molecule has 0 spiro atoms. The van der Waals surface area contributed by atoms with Crippen LogP contribution in [-0.2, 0) is 21.5 Å². The van der Waals surface area contributed by atoms with Crippen LogP contribution in [0.5, 0.6) is 0 Å². The standard InChI is InChI=1S/C23H28N2O2/c1-23(2,3)19-12-8-9-13-20(19)25-16-18(14-21(25)26)22(27)24(4)15-17-10-6-5-7-11-17/h5-13,18H,14-16H2,1-4H3. The predicted molar refractivity (Wildman–Crippen MR) is 109 cm³/mol. The fourth-order valence-electron chi connectivity index (χ4n) is 3.70. The summed E-state index contributed by atoms with van der Waals surface area (Å²) >= 11 is 0. The van der Waals surface area contributed by atoms with Gasteiger partial charge in [0.1, 0.15) is 0 Å². The number of carbonyl (C=O) groups excluding carboxylic acids is 2. The van der Waals surface area contributed by atoms with Gasteiger partial charge in [0.15, 0.2) is 0 Å². The Hall–Kier alpha value is -2.62. The minimum Gasteiger partial charge on any atom is -0.341 e. The van der Waals surface area contributed by atoms with Gasteiger partial charge < -0.3 is 9.80 Å². The zero-order valence-electron chi connectivity index (χ0n) is 16.6. The molecule has 4 heteroatoms. The van der Waals surface area contributed by atoms with Gasteiger partial charge in [0.05, 0.1) is 5.92 Å². The molecule has 2 aromatic rings. The van der Waals surface area contributed by atoms with Crippen LogP contribution in [0.3, 0.4) is 0 Å². The Morgan fingerprint density at radius 2 is 1.70 bits per heavy atom. The Labute approximate surface area is 161 Å². The average Bonchev–Trinajstić information content (AvgIpc) is 3.02. The minimum atomic E-state index is -0.292. The summed E-state index contributed by atoms with van der Waals surface area (Å²) < 4.78 is 0. The third-order valence-electron chi connectivity index (χ3n) is 5.12. The van der Waals surface area contributed by atoms with E-state index in [9.17, 15) is 9.59 Å². The Morgan fingerprint density at radius 1 is 1.07 bits per heavy atom. The number of hydrogen-bond donors (Lipinski definition) is 0. The van der Waals surface area contributed by atoms with Crippen LogP contribution < -0.4 is 4.90 Å². The zero-order chi connectivity index (χ0) is 19.6. The van der Waals surface area contributed by atoms with Crippen molar-refractivity contribution in [3.63, 3.8) is 0 Å². The van der Waals surface area contributed by atoms with E-state index in [2.05, 4.69) is 26.8 Å². The lowest BCUT2D eigenvalue weighted by molar-refractivity contribution is -0.135. The van der Waals surface area contributed by atoms with Crippen LogP contribution in [0.4, 0.5) is 5.69 Å². The third kappa shape index (κ3) is 4.21. The minimum absolute atomic E-state index is 0.0261. The number of carbonyl (C=O) groups is 2. The second-order valence-corrected chi connectivity index (χ2v) is 8.35. The Balaban J connectivity index is 1.75. The van der Waals surface area contributed by atoms with Crippen molar-refractivity contribution in [2.24, 2.45) is 5.92 Å². The predicted octanol–water partition coefficient (Wildman–Crippen LogP) is 4.00. The van der Waals surface area contributed by atoms with E-state index >= 15 is 0 Å². The van der Waals surface area contributed by atoms with Crippen molar-refractivity contribution in [3.05, 3.63) is 65.7 Å². The molecule has 1 unspecified atom stereocenters. The maximum Gasteiger partial charge on any atom is 0.228 e. The normalized spacial score (nSPS) is 17.3. The summed E-state index contributed by atoms with van der Waals surface area (Å²) in [5, 5.41) is 0. The quantitative estimate of drug-likeness (QED) is 0.823. The second kappa shape index (κ2) is 7.55. The monoisotopic (exact) mass is 364 g/mol. The summed E-state index contributed by atoms with van der Waals surface area (Å²) in [6.07, 6.45) is 0.274. The highest BCUT2D eigenvalue weighted by Gasteiger charge is 2.38. The first-order valence-corrected chi connectivity index (χ1v) is 9.46. The molecule has 3 rings (SSSR count). The fourth-order valence-corrected chi connectivity index (χ4v) is 3.70. The highest BCUT2D eigenvalue weighted by atomic mass is 16.2. The van der Waals surface area contributed by atoms with E-state index in [0.717, 1.165) is 16.8 Å². The number of rotatable bonds is 4. The summed E-state index contributed by atoms with van der Waals surface area (Å²) in [5.74, 6) is -0.236. The third-order valence-corrected chi connectivity index (χ3v) is 5.12. The van der Waals surface area contributed by atoms with Crippen molar-refractivity contribution in [3.8, 4) is 0 Å². The first kappa shape index (κ1) is 19.2. The van der Waals surface area contributed by atoms with Crippen molar-refractivity contribution in [2.45, 2.75) is 39.2 Å². The molecule has 1 heterocycles. The summed E-state index contributed by atoms with van der Waals surface area (Å²) in [7, 11) is 1.81. The van der Waals surface area contributed by atoms with Crippen LogP contribution in [0, 0.1) is 5.92 Å². The largest absolute Gasteiger partial charge is 0.341 e. The van der Waals surface area contributed by atoms with E-state index < -0.39 is 0 Å². The van der Waals surface area contributed by atoms with Gasteiger partial charge in [-0.15, -0.1) is 0 Å². The number of anilines is 1. The van der Waals surface area contributed by atoms with Gasteiger partial charge in [0, 0.05) is 32.2 Å². The molecule has 0 bridgehead atoms. The maximum atomic E-state index is 12.9. The highest BCUT2D eigenvalue weighted by molar-refractivity contribution is 6.01. The fraction of sp³-hybridized carbons (Fsp3) is 0.391. The molecule has 4 nitrogen and oxygen atoms in total. The Bertz CT molecular complexity index is 824. The van der Waals surface area contributed by atoms with Crippen molar-refractivity contribution < 1.29 is 9.59 Å². The lowest BCUT2D eigenvalue weighted by atomic mass is 9.85. The van der Waals surface area contributed by atoms with E-state index in [1.165, 1.54) is 0 Å². The molecule has 2 aromatic carbocycles. The van der Waals surface area contributed by atoms with E-state index in [0.29, 0.717) is 13.1 Å². The van der Waals surface area contributed by atoms with Crippen molar-refractivity contribution in [1.29, 1.82) is 0 Å². The van der Waals surface area contributed by atoms with Gasteiger partial charge in [-0.3, -0.25) is 9.59 Å². The van der Waals surface area contributed by atoms with Gasteiger partial charge in [-0.05, 0) is 22.6 Å². The molecular formula is C23H28N2O2. The van der Waals surface area contributed by atoms with Gasteiger partial charge in [0.2, 0.25) is 11.8 Å². The van der Waals surface area contributed by atoms with Gasteiger partial charge in [0.25, 0.3) is 0 Å².